The van der Waals surface area contributed by atoms with Crippen LogP contribution in [0.5, 0.6) is 5.75 Å². The number of hydrogen-bond acceptors (Lipinski definition) is 3. The van der Waals surface area contributed by atoms with Crippen molar-refractivity contribution in [2.45, 2.75) is 12.5 Å². The summed E-state index contributed by atoms with van der Waals surface area (Å²) in [4.78, 5) is 10.7. The van der Waals surface area contributed by atoms with Gasteiger partial charge in [-0.05, 0) is 24.1 Å². The lowest BCUT2D eigenvalue weighted by Crippen LogP contribution is -2.32. The molecule has 1 rings (SSSR count). The van der Waals surface area contributed by atoms with Gasteiger partial charge in [-0.25, -0.2) is 4.34 Å². The maximum Gasteiger partial charge on any atom is 0.321 e. The molecule has 0 spiro atoms. The summed E-state index contributed by atoms with van der Waals surface area (Å²) >= 11 is 2.91. The van der Waals surface area contributed by atoms with Crippen molar-refractivity contribution < 1.29 is 15.0 Å². The largest absolute Gasteiger partial charge is 0.508 e. The van der Waals surface area contributed by atoms with E-state index in [2.05, 4.69) is 20.5 Å². The lowest BCUT2D eigenvalue weighted by atomic mass is 10.1. The molecule has 3 N–H and O–H groups in total. The Morgan fingerprint density at radius 1 is 1.43 bits per heavy atom. The van der Waals surface area contributed by atoms with Gasteiger partial charge in [0.1, 0.15) is 11.8 Å². The summed E-state index contributed by atoms with van der Waals surface area (Å²) < 4.78 is 2.52. The predicted octanol–water partition coefficient (Wildman–Crippen LogP) is 1.29. The number of aromatic hydroxyl groups is 1. The van der Waals surface area contributed by atoms with E-state index in [1.807, 2.05) is 0 Å². The number of halogens is 1. The second kappa shape index (κ2) is 4.97. The zero-order valence-electron chi connectivity index (χ0n) is 7.27. The number of hydrogen-bond donors (Lipinski definition) is 3. The first-order chi connectivity index (χ1) is 6.63. The fourth-order valence-electron chi connectivity index (χ4n) is 1.04. The van der Waals surface area contributed by atoms with Gasteiger partial charge >= 0.3 is 5.97 Å². The Morgan fingerprint density at radius 3 is 2.43 bits per heavy atom. The topological polar surface area (TPSA) is 69.6 Å². The first-order valence-electron chi connectivity index (χ1n) is 4.00. The molecule has 0 amide bonds. The second-order valence-corrected chi connectivity index (χ2v) is 3.33. The smallest absolute Gasteiger partial charge is 0.321 e. The van der Waals surface area contributed by atoms with Gasteiger partial charge in [-0.3, -0.25) is 4.79 Å². The number of carboxylic acids is 1. The molecular weight excluding hydrogens is 250 g/mol. The van der Waals surface area contributed by atoms with Crippen LogP contribution in [0.15, 0.2) is 24.3 Å². The Morgan fingerprint density at radius 2 is 2.00 bits per heavy atom. The number of benzene rings is 1. The van der Waals surface area contributed by atoms with Gasteiger partial charge in [-0.15, -0.1) is 0 Å². The summed E-state index contributed by atoms with van der Waals surface area (Å²) in [7, 11) is 0. The minimum Gasteiger partial charge on any atom is -0.508 e. The zero-order valence-corrected chi connectivity index (χ0v) is 8.86. The average molecular weight is 260 g/mol. The van der Waals surface area contributed by atoms with Crippen LogP contribution in [0.4, 0.5) is 0 Å². The third-order valence-electron chi connectivity index (χ3n) is 1.81. The van der Waals surface area contributed by atoms with Crippen LogP contribution in [-0.2, 0) is 11.2 Å². The lowest BCUT2D eigenvalue weighted by Gasteiger charge is -2.09. The normalized spacial score (nSPS) is 12.4. The van der Waals surface area contributed by atoms with Crippen molar-refractivity contribution in [3.8, 4) is 5.75 Å². The van der Waals surface area contributed by atoms with Crippen LogP contribution in [-0.4, -0.2) is 22.2 Å². The summed E-state index contributed by atoms with van der Waals surface area (Å²) in [5.74, 6) is -0.748. The van der Waals surface area contributed by atoms with Crippen LogP contribution in [0.25, 0.3) is 0 Å². The minimum atomic E-state index is -0.921. The van der Waals surface area contributed by atoms with E-state index in [-0.39, 0.29) is 5.75 Å². The summed E-state index contributed by atoms with van der Waals surface area (Å²) in [6, 6.07) is 5.77. The van der Waals surface area contributed by atoms with Gasteiger partial charge in [-0.2, -0.15) is 0 Å². The second-order valence-electron chi connectivity index (χ2n) is 2.87. The van der Waals surface area contributed by atoms with E-state index in [9.17, 15) is 4.79 Å². The number of aliphatic carboxylic acids is 1. The number of phenolic OH excluding ortho intramolecular Hbond substituents is 1. The van der Waals surface area contributed by atoms with E-state index in [0.29, 0.717) is 6.42 Å². The first kappa shape index (κ1) is 11.0. The number of carbonyl (C=O) groups is 1. The molecule has 5 heteroatoms. The molecule has 0 aliphatic rings. The molecule has 0 unspecified atom stereocenters. The van der Waals surface area contributed by atoms with Crippen LogP contribution in [0.2, 0.25) is 0 Å². The first-order valence-corrected chi connectivity index (χ1v) is 4.79. The zero-order chi connectivity index (χ0) is 10.6. The van der Waals surface area contributed by atoms with Gasteiger partial charge in [0.05, 0.1) is 0 Å². The van der Waals surface area contributed by atoms with Gasteiger partial charge in [-0.1, -0.05) is 12.1 Å². The molecule has 1 atom stereocenters. The van der Waals surface area contributed by atoms with Crippen LogP contribution in [0.3, 0.4) is 0 Å². The highest BCUT2D eigenvalue weighted by Gasteiger charge is 2.15. The molecule has 4 nitrogen and oxygen atoms in total. The molecule has 14 heavy (non-hydrogen) atoms. The van der Waals surface area contributed by atoms with Crippen LogP contribution in [0, 0.1) is 0 Å². The number of phenols is 1. The van der Waals surface area contributed by atoms with E-state index in [1.54, 1.807) is 12.1 Å². The van der Waals surface area contributed by atoms with Crippen LogP contribution < -0.4 is 4.34 Å². The Labute approximate surface area is 89.9 Å². The number of nitrogens with one attached hydrogen (secondary N) is 1. The van der Waals surface area contributed by atoms with Crippen molar-refractivity contribution in [3.05, 3.63) is 29.8 Å². The van der Waals surface area contributed by atoms with E-state index < -0.39 is 12.0 Å². The number of carboxylic acid groups (broad SMARTS) is 1. The van der Waals surface area contributed by atoms with Crippen molar-refractivity contribution in [2.24, 2.45) is 0 Å². The molecule has 0 saturated carbocycles. The van der Waals surface area contributed by atoms with Crippen molar-refractivity contribution in [3.63, 3.8) is 0 Å². The van der Waals surface area contributed by atoms with Crippen molar-refractivity contribution >= 4 is 22.1 Å². The Bertz CT molecular complexity index is 312. The van der Waals surface area contributed by atoms with E-state index >= 15 is 0 Å². The van der Waals surface area contributed by atoms with Gasteiger partial charge < -0.3 is 10.2 Å². The van der Waals surface area contributed by atoms with Crippen molar-refractivity contribution in [1.29, 1.82) is 0 Å². The number of rotatable bonds is 4. The summed E-state index contributed by atoms with van der Waals surface area (Å²) in [5, 5.41) is 17.8. The van der Waals surface area contributed by atoms with Gasteiger partial charge in [0.25, 0.3) is 0 Å². The van der Waals surface area contributed by atoms with E-state index in [0.717, 1.165) is 5.56 Å². The highest BCUT2D eigenvalue weighted by Crippen LogP contribution is 2.11. The van der Waals surface area contributed by atoms with Crippen LogP contribution >= 0.6 is 16.1 Å². The molecule has 0 aliphatic carbocycles. The molecule has 1 aromatic carbocycles. The third-order valence-corrected chi connectivity index (χ3v) is 2.36. The standard InChI is InChI=1S/C9H10BrNO3/c10-11-8(9(13)14)5-6-1-3-7(12)4-2-6/h1-4,8,11-12H,5H2,(H,13,14)/t8-/m1/s1. The molecule has 76 valence electrons. The quantitative estimate of drug-likeness (QED) is 0.713. The van der Waals surface area contributed by atoms with Gasteiger partial charge in [0.2, 0.25) is 0 Å². The molecular formula is C9H10BrNO3. The fourth-order valence-corrected chi connectivity index (χ4v) is 1.40. The Balaban J connectivity index is 2.67. The molecule has 0 aliphatic heterocycles. The molecule has 1 aromatic rings. The summed E-state index contributed by atoms with van der Waals surface area (Å²) in [5.41, 5.74) is 0.849. The highest BCUT2D eigenvalue weighted by molar-refractivity contribution is 9.08. The van der Waals surface area contributed by atoms with Crippen molar-refractivity contribution in [1.82, 2.24) is 4.34 Å². The molecule has 0 bridgehead atoms. The summed E-state index contributed by atoms with van der Waals surface area (Å²) in [6.07, 6.45) is 0.362. The van der Waals surface area contributed by atoms with Crippen LogP contribution in [0.1, 0.15) is 5.56 Å². The van der Waals surface area contributed by atoms with Gasteiger partial charge in [0.15, 0.2) is 0 Å². The van der Waals surface area contributed by atoms with E-state index in [4.69, 9.17) is 10.2 Å². The maximum absolute atomic E-state index is 10.7. The lowest BCUT2D eigenvalue weighted by molar-refractivity contribution is -0.138. The maximum atomic E-state index is 10.7. The average Bonchev–Trinajstić information content (AvgIpc) is 2.16. The van der Waals surface area contributed by atoms with Crippen molar-refractivity contribution in [2.75, 3.05) is 0 Å². The SMILES string of the molecule is O=C(O)[C@@H](Cc1ccc(O)cc1)NBr. The Kier molecular flexibility index (Phi) is 3.91. The summed E-state index contributed by atoms with van der Waals surface area (Å²) in [6.45, 7) is 0. The molecule has 0 aromatic heterocycles. The Hall–Kier alpha value is -1.07. The van der Waals surface area contributed by atoms with E-state index in [1.165, 1.54) is 12.1 Å². The van der Waals surface area contributed by atoms with Gasteiger partial charge in [0, 0.05) is 16.1 Å². The fraction of sp³-hybridized carbons (Fsp3) is 0.222. The third kappa shape index (κ3) is 3.01. The molecule has 0 heterocycles. The molecule has 0 saturated heterocycles. The minimum absolute atomic E-state index is 0.174. The molecule has 0 fully saturated rings. The highest BCUT2D eigenvalue weighted by atomic mass is 79.9. The molecule has 0 radical (unpaired) electrons. The monoisotopic (exact) mass is 259 g/mol. The predicted molar refractivity (Wildman–Crippen MR) is 55.3 cm³/mol.